The van der Waals surface area contributed by atoms with Crippen LogP contribution in [0.25, 0.3) is 0 Å². The van der Waals surface area contributed by atoms with E-state index < -0.39 is 6.04 Å². The fourth-order valence-electron chi connectivity index (χ4n) is 2.42. The van der Waals surface area contributed by atoms with Crippen LogP contribution in [-0.4, -0.2) is 7.11 Å². The van der Waals surface area contributed by atoms with Gasteiger partial charge in [0.2, 0.25) is 0 Å². The lowest BCUT2D eigenvalue weighted by atomic mass is 9.93. The molecule has 1 unspecified atom stereocenters. The first kappa shape index (κ1) is 15.0. The predicted octanol–water partition coefficient (Wildman–Crippen LogP) is 4.26. The van der Waals surface area contributed by atoms with E-state index in [1.165, 1.54) is 6.07 Å². The van der Waals surface area contributed by atoms with Gasteiger partial charge in [-0.05, 0) is 43.2 Å². The number of ether oxygens (including phenoxy) is 1. The van der Waals surface area contributed by atoms with Gasteiger partial charge in [-0.3, -0.25) is 0 Å². The van der Waals surface area contributed by atoms with Crippen LogP contribution in [-0.2, 0) is 0 Å². The molecule has 2 nitrogen and oxygen atoms in total. The van der Waals surface area contributed by atoms with Crippen molar-refractivity contribution in [2.45, 2.75) is 19.9 Å². The maximum absolute atomic E-state index is 14.2. The van der Waals surface area contributed by atoms with Crippen molar-refractivity contribution in [1.82, 2.24) is 0 Å². The van der Waals surface area contributed by atoms with Crippen molar-refractivity contribution in [2.24, 2.45) is 5.73 Å². The van der Waals surface area contributed by atoms with Gasteiger partial charge in [0.05, 0.1) is 13.2 Å². The summed E-state index contributed by atoms with van der Waals surface area (Å²) in [6.45, 7) is 3.74. The number of halogens is 2. The van der Waals surface area contributed by atoms with Crippen LogP contribution in [0.3, 0.4) is 0 Å². The molecule has 2 aromatic rings. The molecule has 0 amide bonds. The summed E-state index contributed by atoms with van der Waals surface area (Å²) in [6.07, 6.45) is 0. The van der Waals surface area contributed by atoms with Crippen molar-refractivity contribution >= 4 is 15.9 Å². The molecule has 0 aliphatic rings. The van der Waals surface area contributed by atoms with Crippen LogP contribution in [0.5, 0.6) is 5.75 Å². The van der Waals surface area contributed by atoms with Gasteiger partial charge in [0.25, 0.3) is 0 Å². The van der Waals surface area contributed by atoms with Gasteiger partial charge in [0.1, 0.15) is 11.6 Å². The molecule has 0 aliphatic carbocycles. The molecule has 2 rings (SSSR count). The molecule has 0 radical (unpaired) electrons. The van der Waals surface area contributed by atoms with E-state index in [-0.39, 0.29) is 5.82 Å². The Labute approximate surface area is 126 Å². The van der Waals surface area contributed by atoms with Crippen molar-refractivity contribution in [2.75, 3.05) is 7.11 Å². The summed E-state index contributed by atoms with van der Waals surface area (Å²) in [6, 6.07) is 8.44. The normalized spacial score (nSPS) is 12.3. The molecule has 0 aromatic heterocycles. The average molecular weight is 338 g/mol. The third-order valence-corrected chi connectivity index (χ3v) is 3.82. The number of methoxy groups -OCH3 is 1. The maximum atomic E-state index is 14.2. The lowest BCUT2D eigenvalue weighted by molar-refractivity contribution is 0.407. The van der Waals surface area contributed by atoms with E-state index in [2.05, 4.69) is 15.9 Å². The van der Waals surface area contributed by atoms with Crippen LogP contribution < -0.4 is 10.5 Å². The SMILES string of the molecule is COc1cc(Br)ccc1C(N)c1c(C)cc(C)cc1F. The van der Waals surface area contributed by atoms with E-state index in [1.54, 1.807) is 7.11 Å². The highest BCUT2D eigenvalue weighted by Gasteiger charge is 2.20. The monoisotopic (exact) mass is 337 g/mol. The molecular weight excluding hydrogens is 321 g/mol. The highest BCUT2D eigenvalue weighted by atomic mass is 79.9. The van der Waals surface area contributed by atoms with E-state index in [0.717, 1.165) is 21.2 Å². The number of rotatable bonds is 3. The molecule has 2 N–H and O–H groups in total. The standard InChI is InChI=1S/C16H17BrFNO/c1-9-6-10(2)15(13(18)7-9)16(19)12-5-4-11(17)8-14(12)20-3/h4-8,16H,19H2,1-3H3. The highest BCUT2D eigenvalue weighted by molar-refractivity contribution is 9.10. The molecule has 0 bridgehead atoms. The van der Waals surface area contributed by atoms with Crippen LogP contribution in [0.1, 0.15) is 28.3 Å². The Balaban J connectivity index is 2.54. The van der Waals surface area contributed by atoms with Crippen LogP contribution in [0.4, 0.5) is 4.39 Å². The second-order valence-corrected chi connectivity index (χ2v) is 5.76. The summed E-state index contributed by atoms with van der Waals surface area (Å²) >= 11 is 3.39. The molecule has 106 valence electrons. The van der Waals surface area contributed by atoms with E-state index in [1.807, 2.05) is 38.1 Å². The lowest BCUT2D eigenvalue weighted by Crippen LogP contribution is -2.16. The van der Waals surface area contributed by atoms with Crippen LogP contribution >= 0.6 is 15.9 Å². The minimum Gasteiger partial charge on any atom is -0.496 e. The van der Waals surface area contributed by atoms with Gasteiger partial charge in [-0.2, -0.15) is 0 Å². The van der Waals surface area contributed by atoms with Gasteiger partial charge < -0.3 is 10.5 Å². The third kappa shape index (κ3) is 2.86. The summed E-state index contributed by atoms with van der Waals surface area (Å²) in [7, 11) is 1.58. The van der Waals surface area contributed by atoms with Crippen molar-refractivity contribution in [1.29, 1.82) is 0 Å². The topological polar surface area (TPSA) is 35.2 Å². The molecule has 2 aromatic carbocycles. The molecule has 0 heterocycles. The number of aryl methyl sites for hydroxylation is 2. The van der Waals surface area contributed by atoms with Gasteiger partial charge in [-0.15, -0.1) is 0 Å². The molecule has 0 saturated carbocycles. The number of hydrogen-bond donors (Lipinski definition) is 1. The first-order valence-corrected chi connectivity index (χ1v) is 7.09. The van der Waals surface area contributed by atoms with Crippen LogP contribution in [0.2, 0.25) is 0 Å². The first-order valence-electron chi connectivity index (χ1n) is 6.29. The molecule has 0 fully saturated rings. The number of hydrogen-bond acceptors (Lipinski definition) is 2. The van der Waals surface area contributed by atoms with Crippen molar-refractivity contribution in [3.63, 3.8) is 0 Å². The summed E-state index contributed by atoms with van der Waals surface area (Å²) in [4.78, 5) is 0. The number of benzene rings is 2. The van der Waals surface area contributed by atoms with E-state index >= 15 is 0 Å². The van der Waals surface area contributed by atoms with E-state index in [9.17, 15) is 4.39 Å². The summed E-state index contributed by atoms with van der Waals surface area (Å²) in [5.41, 5.74) is 9.27. The number of nitrogens with two attached hydrogens (primary N) is 1. The zero-order valence-corrected chi connectivity index (χ0v) is 13.3. The van der Waals surface area contributed by atoms with Gasteiger partial charge in [-0.1, -0.05) is 28.1 Å². The first-order chi connectivity index (χ1) is 9.43. The zero-order chi connectivity index (χ0) is 14.9. The van der Waals surface area contributed by atoms with Crippen molar-refractivity contribution in [3.05, 3.63) is 62.9 Å². The Morgan fingerprint density at radius 3 is 2.50 bits per heavy atom. The zero-order valence-electron chi connectivity index (χ0n) is 11.7. The smallest absolute Gasteiger partial charge is 0.128 e. The Hall–Kier alpha value is -1.39. The van der Waals surface area contributed by atoms with Crippen molar-refractivity contribution in [3.8, 4) is 5.75 Å². The molecule has 0 aliphatic heterocycles. The van der Waals surface area contributed by atoms with E-state index in [4.69, 9.17) is 10.5 Å². The molecular formula is C16H17BrFNO. The van der Waals surface area contributed by atoms with E-state index in [0.29, 0.717) is 11.3 Å². The lowest BCUT2D eigenvalue weighted by Gasteiger charge is -2.19. The Morgan fingerprint density at radius 1 is 1.20 bits per heavy atom. The van der Waals surface area contributed by atoms with Gasteiger partial charge >= 0.3 is 0 Å². The second kappa shape index (κ2) is 5.94. The fraction of sp³-hybridized carbons (Fsp3) is 0.250. The highest BCUT2D eigenvalue weighted by Crippen LogP contribution is 2.33. The molecule has 0 saturated heterocycles. The minimum atomic E-state index is -0.557. The largest absolute Gasteiger partial charge is 0.496 e. The minimum absolute atomic E-state index is 0.278. The molecule has 20 heavy (non-hydrogen) atoms. The Bertz CT molecular complexity index is 619. The Morgan fingerprint density at radius 2 is 1.90 bits per heavy atom. The van der Waals surface area contributed by atoms with Crippen LogP contribution in [0.15, 0.2) is 34.8 Å². The quantitative estimate of drug-likeness (QED) is 0.907. The molecule has 0 spiro atoms. The summed E-state index contributed by atoms with van der Waals surface area (Å²) < 4.78 is 20.5. The van der Waals surface area contributed by atoms with Gasteiger partial charge in [0.15, 0.2) is 0 Å². The molecule has 1 atom stereocenters. The maximum Gasteiger partial charge on any atom is 0.128 e. The third-order valence-electron chi connectivity index (χ3n) is 3.32. The Kier molecular flexibility index (Phi) is 4.45. The molecule has 4 heteroatoms. The van der Waals surface area contributed by atoms with Gasteiger partial charge in [0, 0.05) is 15.6 Å². The predicted molar refractivity (Wildman–Crippen MR) is 82.6 cm³/mol. The second-order valence-electron chi connectivity index (χ2n) is 4.84. The summed E-state index contributed by atoms with van der Waals surface area (Å²) in [5, 5.41) is 0. The van der Waals surface area contributed by atoms with Crippen LogP contribution in [0, 0.1) is 19.7 Å². The average Bonchev–Trinajstić information content (AvgIpc) is 2.37. The summed E-state index contributed by atoms with van der Waals surface area (Å²) in [5.74, 6) is 0.367. The fourth-order valence-corrected chi connectivity index (χ4v) is 2.76. The van der Waals surface area contributed by atoms with Crippen molar-refractivity contribution < 1.29 is 9.13 Å². The van der Waals surface area contributed by atoms with Gasteiger partial charge in [-0.25, -0.2) is 4.39 Å².